The fourth-order valence-corrected chi connectivity index (χ4v) is 2.23. The SMILES string of the molecule is CCNCc1ccc(N(C)CC(C)C)c(Cl)c1. The van der Waals surface area contributed by atoms with E-state index >= 15 is 0 Å². The van der Waals surface area contributed by atoms with Crippen LogP contribution in [0.15, 0.2) is 18.2 Å². The van der Waals surface area contributed by atoms with Gasteiger partial charge < -0.3 is 10.2 Å². The van der Waals surface area contributed by atoms with Crippen molar-refractivity contribution < 1.29 is 0 Å². The smallest absolute Gasteiger partial charge is 0.0642 e. The number of rotatable bonds is 6. The second kappa shape index (κ2) is 6.87. The Labute approximate surface area is 110 Å². The Morgan fingerprint density at radius 2 is 2.06 bits per heavy atom. The molecule has 0 aliphatic heterocycles. The van der Waals surface area contributed by atoms with Gasteiger partial charge in [-0.25, -0.2) is 0 Å². The van der Waals surface area contributed by atoms with Gasteiger partial charge in [-0.15, -0.1) is 0 Å². The monoisotopic (exact) mass is 254 g/mol. The molecule has 3 heteroatoms. The normalized spacial score (nSPS) is 10.9. The highest BCUT2D eigenvalue weighted by Gasteiger charge is 2.08. The molecule has 0 bridgehead atoms. The van der Waals surface area contributed by atoms with Gasteiger partial charge in [0, 0.05) is 20.1 Å². The van der Waals surface area contributed by atoms with Crippen molar-refractivity contribution in [3.8, 4) is 0 Å². The summed E-state index contributed by atoms with van der Waals surface area (Å²) >= 11 is 6.32. The summed E-state index contributed by atoms with van der Waals surface area (Å²) in [6, 6.07) is 6.30. The van der Waals surface area contributed by atoms with Crippen LogP contribution in [0.25, 0.3) is 0 Å². The average molecular weight is 255 g/mol. The van der Waals surface area contributed by atoms with Crippen LogP contribution in [0.1, 0.15) is 26.3 Å². The number of hydrogen-bond acceptors (Lipinski definition) is 2. The minimum Gasteiger partial charge on any atom is -0.373 e. The molecule has 0 aliphatic carbocycles. The Balaban J connectivity index is 2.74. The molecule has 0 unspecified atom stereocenters. The Kier molecular flexibility index (Phi) is 5.79. The number of benzene rings is 1. The van der Waals surface area contributed by atoms with Gasteiger partial charge in [-0.2, -0.15) is 0 Å². The van der Waals surface area contributed by atoms with Crippen molar-refractivity contribution in [3.05, 3.63) is 28.8 Å². The Morgan fingerprint density at radius 3 is 2.59 bits per heavy atom. The van der Waals surface area contributed by atoms with Gasteiger partial charge in [0.15, 0.2) is 0 Å². The van der Waals surface area contributed by atoms with E-state index < -0.39 is 0 Å². The van der Waals surface area contributed by atoms with Crippen LogP contribution in [0.2, 0.25) is 5.02 Å². The van der Waals surface area contributed by atoms with Crippen molar-refractivity contribution >= 4 is 17.3 Å². The molecule has 1 aromatic carbocycles. The average Bonchev–Trinajstić information content (AvgIpc) is 2.25. The highest BCUT2D eigenvalue weighted by Crippen LogP contribution is 2.26. The molecule has 0 spiro atoms. The predicted octanol–water partition coefficient (Wildman–Crippen LogP) is 3.54. The molecule has 0 heterocycles. The second-order valence-corrected chi connectivity index (χ2v) is 5.25. The summed E-state index contributed by atoms with van der Waals surface area (Å²) in [6.07, 6.45) is 0. The molecule has 1 aromatic rings. The highest BCUT2D eigenvalue weighted by atomic mass is 35.5. The molecule has 0 saturated heterocycles. The Hall–Kier alpha value is -0.730. The van der Waals surface area contributed by atoms with Crippen molar-refractivity contribution in [1.82, 2.24) is 5.32 Å². The zero-order valence-corrected chi connectivity index (χ0v) is 12.0. The van der Waals surface area contributed by atoms with Crippen molar-refractivity contribution in [3.63, 3.8) is 0 Å². The quantitative estimate of drug-likeness (QED) is 0.835. The van der Waals surface area contributed by atoms with Crippen LogP contribution < -0.4 is 10.2 Å². The number of nitrogens with zero attached hydrogens (tertiary/aromatic N) is 1. The van der Waals surface area contributed by atoms with Crippen LogP contribution >= 0.6 is 11.6 Å². The first-order valence-corrected chi connectivity index (χ1v) is 6.62. The standard InChI is InChI=1S/C14H23ClN2/c1-5-16-9-12-6-7-14(13(15)8-12)17(4)10-11(2)3/h6-8,11,16H,5,9-10H2,1-4H3. The minimum absolute atomic E-state index is 0.637. The van der Waals surface area contributed by atoms with E-state index in [9.17, 15) is 0 Å². The number of hydrogen-bond donors (Lipinski definition) is 1. The van der Waals surface area contributed by atoms with Gasteiger partial charge in [-0.1, -0.05) is 38.4 Å². The zero-order valence-electron chi connectivity index (χ0n) is 11.3. The van der Waals surface area contributed by atoms with E-state index in [-0.39, 0.29) is 0 Å². The second-order valence-electron chi connectivity index (χ2n) is 4.84. The Morgan fingerprint density at radius 1 is 1.35 bits per heavy atom. The van der Waals surface area contributed by atoms with E-state index in [1.807, 2.05) is 0 Å². The lowest BCUT2D eigenvalue weighted by atomic mass is 10.1. The largest absolute Gasteiger partial charge is 0.373 e. The molecule has 0 radical (unpaired) electrons. The molecule has 17 heavy (non-hydrogen) atoms. The van der Waals surface area contributed by atoms with Gasteiger partial charge in [0.1, 0.15) is 0 Å². The van der Waals surface area contributed by atoms with E-state index in [1.165, 1.54) is 5.56 Å². The molecule has 0 fully saturated rings. The summed E-state index contributed by atoms with van der Waals surface area (Å²) < 4.78 is 0. The molecule has 0 amide bonds. The molecule has 0 aliphatic rings. The molecule has 0 atom stereocenters. The third kappa shape index (κ3) is 4.57. The molecule has 2 nitrogen and oxygen atoms in total. The van der Waals surface area contributed by atoms with Gasteiger partial charge in [0.2, 0.25) is 0 Å². The minimum atomic E-state index is 0.637. The molecule has 0 saturated carbocycles. The van der Waals surface area contributed by atoms with Crippen molar-refractivity contribution in [2.45, 2.75) is 27.3 Å². The van der Waals surface area contributed by atoms with Crippen LogP contribution in [0.3, 0.4) is 0 Å². The third-order valence-electron chi connectivity index (χ3n) is 2.64. The highest BCUT2D eigenvalue weighted by molar-refractivity contribution is 6.33. The van der Waals surface area contributed by atoms with Crippen LogP contribution in [-0.4, -0.2) is 20.1 Å². The summed E-state index contributed by atoms with van der Waals surface area (Å²) in [7, 11) is 2.09. The van der Waals surface area contributed by atoms with Gasteiger partial charge in [-0.3, -0.25) is 0 Å². The fourth-order valence-electron chi connectivity index (χ4n) is 1.89. The molecule has 0 aromatic heterocycles. The lowest BCUT2D eigenvalue weighted by Gasteiger charge is -2.23. The first kappa shape index (κ1) is 14.3. The first-order valence-electron chi connectivity index (χ1n) is 6.24. The van der Waals surface area contributed by atoms with Gasteiger partial charge in [-0.05, 0) is 30.2 Å². The summed E-state index contributed by atoms with van der Waals surface area (Å²) in [5.41, 5.74) is 2.35. The lowest BCUT2D eigenvalue weighted by Crippen LogP contribution is -2.22. The van der Waals surface area contributed by atoms with Gasteiger partial charge in [0.05, 0.1) is 10.7 Å². The summed E-state index contributed by atoms with van der Waals surface area (Å²) in [5.74, 6) is 0.637. The van der Waals surface area contributed by atoms with E-state index in [0.29, 0.717) is 5.92 Å². The molecule has 1 rings (SSSR count). The summed E-state index contributed by atoms with van der Waals surface area (Å²) in [4.78, 5) is 2.21. The maximum Gasteiger partial charge on any atom is 0.0642 e. The van der Waals surface area contributed by atoms with Crippen molar-refractivity contribution in [2.75, 3.05) is 25.0 Å². The number of halogens is 1. The molecule has 1 N–H and O–H groups in total. The van der Waals surface area contributed by atoms with Crippen LogP contribution in [-0.2, 0) is 6.54 Å². The zero-order chi connectivity index (χ0) is 12.8. The maximum atomic E-state index is 6.32. The molecular formula is C14H23ClN2. The van der Waals surface area contributed by atoms with Gasteiger partial charge in [0.25, 0.3) is 0 Å². The molecule has 96 valence electrons. The topological polar surface area (TPSA) is 15.3 Å². The van der Waals surface area contributed by atoms with E-state index in [4.69, 9.17) is 11.6 Å². The first-order chi connectivity index (χ1) is 8.04. The van der Waals surface area contributed by atoms with E-state index in [1.54, 1.807) is 0 Å². The van der Waals surface area contributed by atoms with E-state index in [2.05, 4.69) is 56.2 Å². The number of anilines is 1. The third-order valence-corrected chi connectivity index (χ3v) is 2.94. The van der Waals surface area contributed by atoms with Gasteiger partial charge >= 0.3 is 0 Å². The molecular weight excluding hydrogens is 232 g/mol. The van der Waals surface area contributed by atoms with Crippen molar-refractivity contribution in [1.29, 1.82) is 0 Å². The van der Waals surface area contributed by atoms with Crippen LogP contribution in [0, 0.1) is 5.92 Å². The van der Waals surface area contributed by atoms with Crippen molar-refractivity contribution in [2.24, 2.45) is 5.92 Å². The number of nitrogens with one attached hydrogen (secondary N) is 1. The summed E-state index contributed by atoms with van der Waals surface area (Å²) in [6.45, 7) is 9.41. The van der Waals surface area contributed by atoms with Crippen LogP contribution in [0.5, 0.6) is 0 Å². The Bertz CT molecular complexity index is 350. The lowest BCUT2D eigenvalue weighted by molar-refractivity contribution is 0.638. The predicted molar refractivity (Wildman–Crippen MR) is 76.9 cm³/mol. The summed E-state index contributed by atoms with van der Waals surface area (Å²) in [5, 5.41) is 4.14. The fraction of sp³-hybridized carbons (Fsp3) is 0.571. The van der Waals surface area contributed by atoms with Crippen LogP contribution in [0.4, 0.5) is 5.69 Å². The maximum absolute atomic E-state index is 6.32. The van der Waals surface area contributed by atoms with E-state index in [0.717, 1.165) is 30.3 Å².